The summed E-state index contributed by atoms with van der Waals surface area (Å²) in [4.78, 5) is 26.4. The van der Waals surface area contributed by atoms with Gasteiger partial charge in [-0.15, -0.1) is 0 Å². The monoisotopic (exact) mass is 466 g/mol. The van der Waals surface area contributed by atoms with Crippen LogP contribution >= 0.6 is 7.87 Å². The molecule has 3 N–H and O–H groups in total. The van der Waals surface area contributed by atoms with Crippen LogP contribution in [0.15, 0.2) is 34.3 Å². The first-order valence-electron chi connectivity index (χ1n) is 10.9. The number of benzene rings is 1. The fourth-order valence-corrected chi connectivity index (χ4v) is 5.85. The molecular formula is C23H34FN3O4P+. The van der Waals surface area contributed by atoms with E-state index in [9.17, 15) is 19.2 Å². The van der Waals surface area contributed by atoms with E-state index in [0.29, 0.717) is 12.2 Å². The molecule has 32 heavy (non-hydrogen) atoms. The summed E-state index contributed by atoms with van der Waals surface area (Å²) in [6, 6.07) is 3.37. The molecule has 0 aromatic heterocycles. The molecule has 1 aromatic carbocycles. The Kier molecular flexibility index (Phi) is 6.46. The molecule has 3 rings (SSSR count). The number of rotatable bonds is 5. The Morgan fingerprint density at radius 2 is 1.91 bits per heavy atom. The zero-order valence-corrected chi connectivity index (χ0v) is 20.8. The molecule has 0 radical (unpaired) electrons. The third-order valence-electron chi connectivity index (χ3n) is 5.53. The molecule has 2 aliphatic rings. The molecule has 1 unspecified atom stereocenters. The van der Waals surface area contributed by atoms with Crippen molar-refractivity contribution in [3.63, 3.8) is 0 Å². The smallest absolute Gasteiger partial charge is 0.432 e. The summed E-state index contributed by atoms with van der Waals surface area (Å²) < 4.78 is 23.8. The molecule has 0 saturated carbocycles. The van der Waals surface area contributed by atoms with Gasteiger partial charge in [0.05, 0.1) is 18.3 Å². The van der Waals surface area contributed by atoms with E-state index in [0.717, 1.165) is 6.42 Å². The van der Waals surface area contributed by atoms with Gasteiger partial charge in [-0.3, -0.25) is 4.79 Å². The number of anilines is 1. The van der Waals surface area contributed by atoms with E-state index in [1.54, 1.807) is 11.8 Å². The van der Waals surface area contributed by atoms with Crippen molar-refractivity contribution in [1.82, 2.24) is 4.90 Å². The number of carbonyl (C=O) groups is 1. The highest BCUT2D eigenvalue weighted by Crippen LogP contribution is 2.60. The fourth-order valence-electron chi connectivity index (χ4n) is 4.03. The van der Waals surface area contributed by atoms with Crippen molar-refractivity contribution in [3.8, 4) is 0 Å². The van der Waals surface area contributed by atoms with Crippen molar-refractivity contribution < 1.29 is 23.7 Å². The van der Waals surface area contributed by atoms with Crippen LogP contribution in [0.3, 0.4) is 0 Å². The first-order valence-corrected chi connectivity index (χ1v) is 12.5. The highest BCUT2D eigenvalue weighted by atomic mass is 31.2. The van der Waals surface area contributed by atoms with E-state index in [1.807, 2.05) is 20.8 Å². The van der Waals surface area contributed by atoms with Crippen LogP contribution in [0, 0.1) is 16.6 Å². The van der Waals surface area contributed by atoms with Gasteiger partial charge in [0.15, 0.2) is 5.84 Å². The minimum Gasteiger partial charge on any atom is -0.509 e. The Balaban J connectivity index is 2.09. The number of fused-ring (bicyclic) bond motifs is 1. The van der Waals surface area contributed by atoms with Gasteiger partial charge in [0, 0.05) is 12.6 Å². The number of amides is 1. The number of hydrogen-bond donors (Lipinski definition) is 3. The third-order valence-corrected chi connectivity index (χ3v) is 7.62. The minimum absolute atomic E-state index is 0.00541. The third kappa shape index (κ3) is 4.68. The van der Waals surface area contributed by atoms with Crippen molar-refractivity contribution in [2.75, 3.05) is 18.5 Å². The first-order chi connectivity index (χ1) is 14.7. The average Bonchev–Trinajstić information content (AvgIpc) is 2.90. The topological polar surface area (TPSA) is 94.4 Å². The number of halogens is 1. The molecule has 0 bridgehead atoms. The van der Waals surface area contributed by atoms with Crippen LogP contribution in [0.2, 0.25) is 0 Å². The quantitative estimate of drug-likeness (QED) is 0.553. The Hall–Kier alpha value is -2.02. The predicted octanol–water partition coefficient (Wildman–Crippen LogP) is 4.57. The highest BCUT2D eigenvalue weighted by molar-refractivity contribution is 7.72. The van der Waals surface area contributed by atoms with Gasteiger partial charge in [0.25, 0.3) is 5.91 Å². The molecule has 2 heterocycles. The predicted molar refractivity (Wildman–Crippen MR) is 127 cm³/mol. The molecule has 1 amide bonds. The molecule has 0 fully saturated rings. The van der Waals surface area contributed by atoms with Crippen LogP contribution in [0.5, 0.6) is 0 Å². The van der Waals surface area contributed by atoms with Gasteiger partial charge < -0.3 is 15.3 Å². The van der Waals surface area contributed by atoms with Crippen LogP contribution in [0.4, 0.5) is 10.1 Å². The van der Waals surface area contributed by atoms with Gasteiger partial charge in [-0.05, 0) is 41.1 Å². The van der Waals surface area contributed by atoms with Crippen molar-refractivity contribution in [3.05, 3.63) is 35.3 Å². The maximum Gasteiger partial charge on any atom is 0.432 e. The summed E-state index contributed by atoms with van der Waals surface area (Å²) in [6.45, 7) is 14.5. The number of nitrogens with one attached hydrogen (secondary N) is 1. The van der Waals surface area contributed by atoms with Crippen molar-refractivity contribution in [1.29, 1.82) is 0 Å². The second kappa shape index (κ2) is 8.40. The van der Waals surface area contributed by atoms with Gasteiger partial charge in [-0.2, -0.15) is 9.42 Å². The second-order valence-electron chi connectivity index (χ2n) is 10.5. The van der Waals surface area contributed by atoms with Crippen molar-refractivity contribution in [2.45, 2.75) is 60.9 Å². The fraction of sp³-hybridized carbons (Fsp3) is 0.565. The summed E-state index contributed by atoms with van der Waals surface area (Å²) in [5, 5.41) is 14.4. The summed E-state index contributed by atoms with van der Waals surface area (Å²) in [5.41, 5.74) is -0.00640. The summed E-state index contributed by atoms with van der Waals surface area (Å²) in [7, 11) is -3.59. The summed E-state index contributed by atoms with van der Waals surface area (Å²) in [6.07, 6.45) is 0.754. The van der Waals surface area contributed by atoms with E-state index in [-0.39, 0.29) is 40.4 Å². The number of hydrogen-bond acceptors (Lipinski definition) is 6. The van der Waals surface area contributed by atoms with Gasteiger partial charge in [0.1, 0.15) is 17.1 Å². The van der Waals surface area contributed by atoms with Crippen molar-refractivity contribution in [2.24, 2.45) is 15.6 Å². The number of nitrogens with zero attached hydrogens (tertiary/aromatic N) is 2. The Bertz CT molecular complexity index is 980. The lowest BCUT2D eigenvalue weighted by atomic mass is 9.84. The second-order valence-corrected chi connectivity index (χ2v) is 12.6. The molecule has 1 aromatic rings. The average molecular weight is 467 g/mol. The van der Waals surface area contributed by atoms with E-state index in [4.69, 9.17) is 4.52 Å². The number of aliphatic hydroxyl groups is 1. The molecule has 0 aliphatic carbocycles. The van der Waals surface area contributed by atoms with Gasteiger partial charge in [0.2, 0.25) is 5.30 Å². The highest BCUT2D eigenvalue weighted by Gasteiger charge is 2.53. The van der Waals surface area contributed by atoms with Gasteiger partial charge in [-0.25, -0.2) is 4.39 Å². The van der Waals surface area contributed by atoms with E-state index in [1.165, 1.54) is 18.2 Å². The molecule has 9 heteroatoms. The molecule has 0 spiro atoms. The Morgan fingerprint density at radius 3 is 2.47 bits per heavy atom. The van der Waals surface area contributed by atoms with Crippen LogP contribution in [0.1, 0.15) is 54.9 Å². The maximum atomic E-state index is 13.9. The standard InChI is InChI=1S/C23H33FN3O4P/c1-8-31-32(30)16-13-14(24)9-10-15(16)25-20(26-32)17-18(28)19(23(5,6)7)27(21(17)29)12-11-22(2,3)4/h9-10,13,19,30H,8,11-12H2,1-7H3,(H-,25,26,28,29)/p+1/t19-,32?/m1/s1. The van der Waals surface area contributed by atoms with Gasteiger partial charge in [-0.1, -0.05) is 41.5 Å². The lowest BCUT2D eigenvalue weighted by Gasteiger charge is -2.36. The molecule has 2 atom stereocenters. The maximum absolute atomic E-state index is 13.9. The lowest BCUT2D eigenvalue weighted by molar-refractivity contribution is -0.128. The summed E-state index contributed by atoms with van der Waals surface area (Å²) >= 11 is 0. The summed E-state index contributed by atoms with van der Waals surface area (Å²) in [5.74, 6) is -0.923. The number of amidine groups is 1. The Morgan fingerprint density at radius 1 is 1.25 bits per heavy atom. The van der Waals surface area contributed by atoms with E-state index < -0.39 is 25.1 Å². The SMILES string of the molecule is CCO[P+]1(O)N=C(C2=C(O)[C@H](C(C)(C)C)N(CCC(C)(C)C)C2=O)Nc2ccc(F)cc21. The molecule has 7 nitrogen and oxygen atoms in total. The van der Waals surface area contributed by atoms with E-state index in [2.05, 4.69) is 30.9 Å². The van der Waals surface area contributed by atoms with Crippen LogP contribution in [-0.2, 0) is 9.32 Å². The molecule has 176 valence electrons. The lowest BCUT2D eigenvalue weighted by Crippen LogP contribution is -2.45. The van der Waals surface area contributed by atoms with Gasteiger partial charge >= 0.3 is 7.87 Å². The number of carbonyl (C=O) groups excluding carboxylic acids is 1. The molecular weight excluding hydrogens is 432 g/mol. The normalized spacial score (nSPS) is 23.9. The first kappa shape index (κ1) is 24.6. The Labute approximate surface area is 189 Å². The zero-order chi connectivity index (χ0) is 24.1. The van der Waals surface area contributed by atoms with Crippen molar-refractivity contribution >= 4 is 30.6 Å². The number of aliphatic hydroxyl groups excluding tert-OH is 1. The largest absolute Gasteiger partial charge is 0.509 e. The zero-order valence-electron chi connectivity index (χ0n) is 19.9. The molecule has 0 saturated heterocycles. The van der Waals surface area contributed by atoms with E-state index >= 15 is 0 Å². The minimum atomic E-state index is -3.59. The van der Waals surface area contributed by atoms with Crippen LogP contribution in [0.25, 0.3) is 0 Å². The van der Waals surface area contributed by atoms with Crippen LogP contribution in [-0.4, -0.2) is 45.8 Å². The van der Waals surface area contributed by atoms with Crippen LogP contribution < -0.4 is 10.6 Å². The molecule has 2 aliphatic heterocycles.